The van der Waals surface area contributed by atoms with Gasteiger partial charge in [0.15, 0.2) is 0 Å². The Balaban J connectivity index is 4.48. The van der Waals surface area contributed by atoms with Crippen LogP contribution in [0.1, 0.15) is 47.0 Å². The van der Waals surface area contributed by atoms with E-state index < -0.39 is 35.8 Å². The zero-order valence-corrected chi connectivity index (χ0v) is 15.9. The molecule has 0 aliphatic rings. The Hall–Kier alpha value is -1.77. The third-order valence-corrected chi connectivity index (χ3v) is 4.71. The minimum absolute atomic E-state index is 0.0456. The molecule has 0 saturated carbocycles. The van der Waals surface area contributed by atoms with Crippen molar-refractivity contribution in [1.29, 1.82) is 0 Å². The van der Waals surface area contributed by atoms with Crippen LogP contribution in [0.2, 0.25) is 0 Å². The smallest absolute Gasteiger partial charge is 0.327 e. The second-order valence-electron chi connectivity index (χ2n) is 6.88. The maximum Gasteiger partial charge on any atom is 0.327 e. The van der Waals surface area contributed by atoms with Crippen LogP contribution in [-0.4, -0.2) is 57.6 Å². The Kier molecular flexibility index (Phi) is 10.2. The lowest BCUT2D eigenvalue weighted by molar-refractivity contribution is -0.143. The second-order valence-corrected chi connectivity index (χ2v) is 7.91. The van der Waals surface area contributed by atoms with Crippen molar-refractivity contribution in [1.82, 2.24) is 10.6 Å². The van der Waals surface area contributed by atoms with Crippen molar-refractivity contribution in [2.45, 2.75) is 59.0 Å². The number of amides is 2. The van der Waals surface area contributed by atoms with Crippen LogP contribution in [0.4, 0.5) is 0 Å². The van der Waals surface area contributed by atoms with Gasteiger partial charge in [-0.2, -0.15) is 11.8 Å². The number of hydrogen-bond acceptors (Lipinski definition) is 5. The number of carboxylic acids is 2. The molecule has 0 aromatic carbocycles. The monoisotopic (exact) mass is 376 g/mol. The zero-order chi connectivity index (χ0) is 19.6. The fourth-order valence-corrected chi connectivity index (χ4v) is 2.95. The first-order chi connectivity index (χ1) is 11.5. The third-order valence-electron chi connectivity index (χ3n) is 3.07. The number of carbonyl (C=O) groups excluding carboxylic acids is 2. The molecular formula is C16H28N2O6S. The maximum atomic E-state index is 11.9. The summed E-state index contributed by atoms with van der Waals surface area (Å²) >= 11 is 1.43. The van der Waals surface area contributed by atoms with E-state index in [1.165, 1.54) is 11.8 Å². The van der Waals surface area contributed by atoms with E-state index in [1.807, 2.05) is 20.8 Å². The first kappa shape index (κ1) is 23.2. The largest absolute Gasteiger partial charge is 0.480 e. The lowest BCUT2D eigenvalue weighted by atomic mass is 10.0. The number of rotatable bonds is 11. The van der Waals surface area contributed by atoms with E-state index in [0.717, 1.165) is 5.75 Å². The maximum absolute atomic E-state index is 11.9. The molecule has 0 unspecified atom stereocenters. The van der Waals surface area contributed by atoms with Crippen molar-refractivity contribution in [3.8, 4) is 0 Å². The van der Waals surface area contributed by atoms with E-state index in [-0.39, 0.29) is 30.4 Å². The van der Waals surface area contributed by atoms with Crippen LogP contribution < -0.4 is 10.6 Å². The molecule has 2 amide bonds. The van der Waals surface area contributed by atoms with E-state index in [0.29, 0.717) is 0 Å². The molecule has 0 rings (SSSR count). The highest BCUT2D eigenvalue weighted by molar-refractivity contribution is 7.99. The van der Waals surface area contributed by atoms with Crippen molar-refractivity contribution >= 4 is 35.5 Å². The van der Waals surface area contributed by atoms with Crippen LogP contribution in [0, 0.1) is 5.41 Å². The number of carbonyl (C=O) groups is 4. The summed E-state index contributed by atoms with van der Waals surface area (Å²) in [6, 6.07) is -2.20. The quantitative estimate of drug-likeness (QED) is 0.424. The van der Waals surface area contributed by atoms with Gasteiger partial charge in [0.1, 0.15) is 12.1 Å². The minimum atomic E-state index is -1.23. The van der Waals surface area contributed by atoms with E-state index >= 15 is 0 Å². The predicted octanol–water partition coefficient (Wildman–Crippen LogP) is 1.09. The Morgan fingerprint density at radius 1 is 0.960 bits per heavy atom. The molecular weight excluding hydrogens is 348 g/mol. The van der Waals surface area contributed by atoms with Crippen LogP contribution in [0.25, 0.3) is 0 Å². The number of hydrogen-bond donors (Lipinski definition) is 4. The van der Waals surface area contributed by atoms with Gasteiger partial charge in [0.05, 0.1) is 0 Å². The summed E-state index contributed by atoms with van der Waals surface area (Å²) in [5.41, 5.74) is 0.0456. The average molecular weight is 376 g/mol. The molecule has 4 N–H and O–H groups in total. The topological polar surface area (TPSA) is 133 Å². The number of thioether (sulfide) groups is 1. The Bertz CT molecular complexity index is 490. The Labute approximate surface area is 152 Å². The summed E-state index contributed by atoms with van der Waals surface area (Å²) in [5, 5.41) is 22.9. The van der Waals surface area contributed by atoms with Crippen LogP contribution >= 0.6 is 11.8 Å². The zero-order valence-electron chi connectivity index (χ0n) is 15.1. The van der Waals surface area contributed by atoms with Crippen molar-refractivity contribution in [3.63, 3.8) is 0 Å². The van der Waals surface area contributed by atoms with Gasteiger partial charge in [0.2, 0.25) is 11.8 Å². The molecule has 0 radical (unpaired) electrons. The van der Waals surface area contributed by atoms with Crippen molar-refractivity contribution in [3.05, 3.63) is 0 Å². The lowest BCUT2D eigenvalue weighted by Crippen LogP contribution is -2.44. The van der Waals surface area contributed by atoms with Crippen LogP contribution in [-0.2, 0) is 19.2 Å². The molecule has 9 heteroatoms. The first-order valence-electron chi connectivity index (χ1n) is 8.08. The molecule has 25 heavy (non-hydrogen) atoms. The molecule has 8 nitrogen and oxygen atoms in total. The van der Waals surface area contributed by atoms with Gasteiger partial charge in [-0.15, -0.1) is 0 Å². The van der Waals surface area contributed by atoms with Gasteiger partial charge < -0.3 is 20.8 Å². The second kappa shape index (κ2) is 11.0. The van der Waals surface area contributed by atoms with Gasteiger partial charge in [-0.3, -0.25) is 9.59 Å². The fourth-order valence-electron chi connectivity index (χ4n) is 1.75. The fraction of sp³-hybridized carbons (Fsp3) is 0.750. The summed E-state index contributed by atoms with van der Waals surface area (Å²) in [7, 11) is 0. The highest BCUT2D eigenvalue weighted by Gasteiger charge is 2.24. The first-order valence-corrected chi connectivity index (χ1v) is 9.23. The van der Waals surface area contributed by atoms with E-state index in [1.54, 1.807) is 6.92 Å². The summed E-state index contributed by atoms with van der Waals surface area (Å²) in [5.74, 6) is -2.37. The van der Waals surface area contributed by atoms with Gasteiger partial charge in [-0.1, -0.05) is 27.7 Å². The Morgan fingerprint density at radius 2 is 1.48 bits per heavy atom. The number of carboxylic acid groups (broad SMARTS) is 2. The molecule has 0 aromatic heterocycles. The molecule has 0 bridgehead atoms. The van der Waals surface area contributed by atoms with E-state index in [2.05, 4.69) is 10.6 Å². The van der Waals surface area contributed by atoms with Crippen LogP contribution in [0.15, 0.2) is 0 Å². The SMILES string of the molecule is CCC(=O)N[C@@H](CCC(=O)N[C@@H](CSCC(C)(C)C)C(=O)O)C(=O)O. The summed E-state index contributed by atoms with van der Waals surface area (Å²) < 4.78 is 0. The normalized spacial score (nSPS) is 13.6. The molecule has 144 valence electrons. The van der Waals surface area contributed by atoms with Crippen molar-refractivity contribution in [2.75, 3.05) is 11.5 Å². The molecule has 0 aliphatic heterocycles. The number of nitrogens with one attached hydrogen (secondary N) is 2. The van der Waals surface area contributed by atoms with Crippen LogP contribution in [0.5, 0.6) is 0 Å². The average Bonchev–Trinajstić information content (AvgIpc) is 2.48. The molecule has 0 saturated heterocycles. The van der Waals surface area contributed by atoms with E-state index in [4.69, 9.17) is 5.11 Å². The molecule has 0 spiro atoms. The molecule has 0 fully saturated rings. The summed E-state index contributed by atoms with van der Waals surface area (Å²) in [6.45, 7) is 7.69. The van der Waals surface area contributed by atoms with Gasteiger partial charge >= 0.3 is 11.9 Å². The molecule has 0 aromatic rings. The molecule has 0 heterocycles. The standard InChI is InChI=1S/C16H28N2O6S/c1-5-12(19)17-10(14(21)22)6-7-13(20)18-11(15(23)24)8-25-9-16(2,3)4/h10-11H,5-9H2,1-4H3,(H,17,19)(H,18,20)(H,21,22)(H,23,24)/t10-,11-/m0/s1. The molecule has 2 atom stereocenters. The van der Waals surface area contributed by atoms with E-state index in [9.17, 15) is 24.3 Å². The number of aliphatic carboxylic acids is 2. The van der Waals surface area contributed by atoms with Gasteiger partial charge in [0.25, 0.3) is 0 Å². The lowest BCUT2D eigenvalue weighted by Gasteiger charge is -2.20. The van der Waals surface area contributed by atoms with Crippen molar-refractivity contribution in [2.24, 2.45) is 5.41 Å². The molecule has 0 aliphatic carbocycles. The van der Waals surface area contributed by atoms with Gasteiger partial charge in [-0.05, 0) is 17.6 Å². The Morgan fingerprint density at radius 3 is 1.92 bits per heavy atom. The predicted molar refractivity (Wildman–Crippen MR) is 95.4 cm³/mol. The van der Waals surface area contributed by atoms with Crippen molar-refractivity contribution < 1.29 is 29.4 Å². The van der Waals surface area contributed by atoms with Gasteiger partial charge in [-0.25, -0.2) is 9.59 Å². The highest BCUT2D eigenvalue weighted by atomic mass is 32.2. The van der Waals surface area contributed by atoms with Gasteiger partial charge in [0, 0.05) is 18.6 Å². The highest BCUT2D eigenvalue weighted by Crippen LogP contribution is 2.20. The third kappa shape index (κ3) is 11.4. The minimum Gasteiger partial charge on any atom is -0.480 e. The summed E-state index contributed by atoms with van der Waals surface area (Å²) in [6.07, 6.45) is -0.148. The summed E-state index contributed by atoms with van der Waals surface area (Å²) in [4.78, 5) is 45.5. The van der Waals surface area contributed by atoms with Crippen LogP contribution in [0.3, 0.4) is 0 Å².